The standard InChI is InChI=1S/C27H31N7O.C3H4O/c1-3-6-18-12-13-29-22(17-18)31-27(35)20-10-8-19(9-11-20)23-24-25(28)30-14-16-34(24)26(32-23)21-7-4-5-15-33(21)2;1-2-3-4/h8-14,16-17,21H,3-7,15H2,1-2H3,(H2,28,30)(H,29,31,35);2-3H,1H2. The molecule has 39 heavy (non-hydrogen) atoms. The number of aromatic nitrogens is 4. The molecule has 3 aromatic heterocycles. The van der Waals surface area contributed by atoms with Crippen LogP contribution in [0.15, 0.2) is 67.6 Å². The maximum Gasteiger partial charge on any atom is 0.256 e. The van der Waals surface area contributed by atoms with Crippen LogP contribution in [0, 0.1) is 0 Å². The van der Waals surface area contributed by atoms with Crippen molar-refractivity contribution in [2.45, 2.75) is 45.1 Å². The van der Waals surface area contributed by atoms with E-state index >= 15 is 0 Å². The van der Waals surface area contributed by atoms with Gasteiger partial charge in [0.05, 0.1) is 6.04 Å². The minimum atomic E-state index is -0.196. The van der Waals surface area contributed by atoms with Gasteiger partial charge < -0.3 is 11.1 Å². The summed E-state index contributed by atoms with van der Waals surface area (Å²) in [6.07, 6.45) is 12.7. The van der Waals surface area contributed by atoms with E-state index < -0.39 is 0 Å². The molecule has 0 saturated carbocycles. The first-order valence-electron chi connectivity index (χ1n) is 13.2. The zero-order chi connectivity index (χ0) is 27.8. The summed E-state index contributed by atoms with van der Waals surface area (Å²) in [7, 11) is 2.15. The molecule has 1 atom stereocenters. The van der Waals surface area contributed by atoms with E-state index in [1.54, 1.807) is 12.4 Å². The average Bonchev–Trinajstić information content (AvgIpc) is 3.35. The number of carbonyl (C=O) groups is 2. The Balaban J connectivity index is 0.000000826. The van der Waals surface area contributed by atoms with Gasteiger partial charge in [-0.2, -0.15) is 0 Å². The number of rotatable bonds is 7. The van der Waals surface area contributed by atoms with Gasteiger partial charge in [-0.05, 0) is 68.8 Å². The first-order valence-corrected chi connectivity index (χ1v) is 13.2. The number of nitrogen functional groups attached to an aromatic ring is 1. The number of nitrogens with one attached hydrogen (secondary N) is 1. The van der Waals surface area contributed by atoms with Gasteiger partial charge in [-0.15, -0.1) is 0 Å². The van der Waals surface area contributed by atoms with Crippen molar-refractivity contribution in [2.75, 3.05) is 24.6 Å². The number of piperidine rings is 1. The number of imidazole rings is 1. The Hall–Kier alpha value is -4.37. The Morgan fingerprint density at radius 1 is 1.18 bits per heavy atom. The normalized spacial score (nSPS) is 15.3. The molecular formula is C30H35N7O2. The Labute approximate surface area is 228 Å². The predicted octanol–water partition coefficient (Wildman–Crippen LogP) is 5.11. The molecule has 202 valence electrons. The van der Waals surface area contributed by atoms with Gasteiger partial charge in [0.15, 0.2) is 0 Å². The van der Waals surface area contributed by atoms with Crippen LogP contribution in [-0.4, -0.2) is 50.0 Å². The molecule has 1 unspecified atom stereocenters. The number of allylic oxidation sites excluding steroid dienone is 1. The topological polar surface area (TPSA) is 119 Å². The van der Waals surface area contributed by atoms with Crippen LogP contribution in [0.25, 0.3) is 16.8 Å². The minimum Gasteiger partial charge on any atom is -0.382 e. The number of pyridine rings is 1. The molecule has 3 N–H and O–H groups in total. The first-order chi connectivity index (χ1) is 19.0. The fourth-order valence-electron chi connectivity index (χ4n) is 4.88. The van der Waals surface area contributed by atoms with Gasteiger partial charge in [0.25, 0.3) is 5.91 Å². The number of aryl methyl sites for hydroxylation is 1. The highest BCUT2D eigenvalue weighted by atomic mass is 16.1. The van der Waals surface area contributed by atoms with Crippen LogP contribution < -0.4 is 11.1 Å². The van der Waals surface area contributed by atoms with Crippen molar-refractivity contribution in [2.24, 2.45) is 0 Å². The lowest BCUT2D eigenvalue weighted by Gasteiger charge is -2.31. The first kappa shape index (κ1) is 27.7. The molecule has 1 aliphatic rings. The van der Waals surface area contributed by atoms with Crippen LogP contribution >= 0.6 is 0 Å². The summed E-state index contributed by atoms with van der Waals surface area (Å²) in [5, 5.41) is 2.90. The van der Waals surface area contributed by atoms with E-state index in [9.17, 15) is 4.79 Å². The number of hydrogen-bond acceptors (Lipinski definition) is 7. The summed E-state index contributed by atoms with van der Waals surface area (Å²) in [6.45, 7) is 6.29. The number of amides is 1. The van der Waals surface area contributed by atoms with Crippen LogP contribution in [0.4, 0.5) is 11.6 Å². The Morgan fingerprint density at radius 2 is 1.95 bits per heavy atom. The fraction of sp³-hybridized carbons (Fsp3) is 0.300. The van der Waals surface area contributed by atoms with Crippen LogP contribution in [0.2, 0.25) is 0 Å². The summed E-state index contributed by atoms with van der Waals surface area (Å²) in [5.41, 5.74) is 10.5. The van der Waals surface area contributed by atoms with E-state index in [-0.39, 0.29) is 11.9 Å². The summed E-state index contributed by atoms with van der Waals surface area (Å²) in [5.74, 6) is 1.79. The van der Waals surface area contributed by atoms with Gasteiger partial charge in [-0.3, -0.25) is 18.9 Å². The second kappa shape index (κ2) is 12.9. The fourth-order valence-corrected chi connectivity index (χ4v) is 4.88. The SMILES string of the molecule is C=CC=O.CCCc1ccnc(NC(=O)c2ccc(-c3nc(C4CCCCN4C)n4ccnc(N)c34)cc2)c1. The largest absolute Gasteiger partial charge is 0.382 e. The molecule has 1 fully saturated rings. The number of nitrogens with two attached hydrogens (primary N) is 1. The number of fused-ring (bicyclic) bond motifs is 1. The van der Waals surface area contributed by atoms with Crippen molar-refractivity contribution in [3.8, 4) is 11.3 Å². The van der Waals surface area contributed by atoms with E-state index in [1.807, 2.05) is 42.6 Å². The highest BCUT2D eigenvalue weighted by molar-refractivity contribution is 6.04. The van der Waals surface area contributed by atoms with Gasteiger partial charge in [0.2, 0.25) is 0 Å². The smallest absolute Gasteiger partial charge is 0.256 e. The number of anilines is 2. The molecule has 1 saturated heterocycles. The summed E-state index contributed by atoms with van der Waals surface area (Å²) in [6, 6.07) is 11.6. The van der Waals surface area contributed by atoms with Gasteiger partial charge in [0.1, 0.15) is 35.0 Å². The minimum absolute atomic E-state index is 0.196. The third-order valence-electron chi connectivity index (χ3n) is 6.80. The maximum atomic E-state index is 12.8. The monoisotopic (exact) mass is 525 g/mol. The molecule has 5 rings (SSSR count). The third kappa shape index (κ3) is 6.38. The van der Waals surface area contributed by atoms with Crippen molar-refractivity contribution in [1.29, 1.82) is 0 Å². The molecule has 0 aliphatic carbocycles. The molecule has 0 spiro atoms. The van der Waals surface area contributed by atoms with E-state index in [0.717, 1.165) is 54.0 Å². The van der Waals surface area contributed by atoms with Gasteiger partial charge in [-0.1, -0.05) is 38.5 Å². The molecule has 0 bridgehead atoms. The lowest BCUT2D eigenvalue weighted by Crippen LogP contribution is -2.30. The van der Waals surface area contributed by atoms with E-state index in [1.165, 1.54) is 18.9 Å². The third-order valence-corrected chi connectivity index (χ3v) is 6.80. The second-order valence-electron chi connectivity index (χ2n) is 9.54. The van der Waals surface area contributed by atoms with E-state index in [0.29, 0.717) is 23.5 Å². The number of likely N-dealkylation sites (tertiary alicyclic amines) is 1. The summed E-state index contributed by atoms with van der Waals surface area (Å²) >= 11 is 0. The van der Waals surface area contributed by atoms with Crippen molar-refractivity contribution in [3.05, 3.63) is 84.6 Å². The lowest BCUT2D eigenvalue weighted by atomic mass is 10.0. The highest BCUT2D eigenvalue weighted by Crippen LogP contribution is 2.35. The second-order valence-corrected chi connectivity index (χ2v) is 9.54. The molecule has 9 nitrogen and oxygen atoms in total. The van der Waals surface area contributed by atoms with Crippen LogP contribution in [0.1, 0.15) is 60.4 Å². The van der Waals surface area contributed by atoms with Crippen LogP contribution in [0.3, 0.4) is 0 Å². The average molecular weight is 526 g/mol. The number of hydrogen-bond donors (Lipinski definition) is 2. The Morgan fingerprint density at radius 3 is 2.64 bits per heavy atom. The van der Waals surface area contributed by atoms with Crippen LogP contribution in [0.5, 0.6) is 0 Å². The Kier molecular flexibility index (Phi) is 9.17. The molecule has 4 aromatic rings. The molecule has 1 amide bonds. The number of aldehydes is 1. The van der Waals surface area contributed by atoms with Crippen LogP contribution in [-0.2, 0) is 11.2 Å². The summed E-state index contributed by atoms with van der Waals surface area (Å²) < 4.78 is 2.07. The lowest BCUT2D eigenvalue weighted by molar-refractivity contribution is -0.104. The number of carbonyl (C=O) groups excluding carboxylic acids is 2. The summed E-state index contributed by atoms with van der Waals surface area (Å²) in [4.78, 5) is 37.9. The maximum absolute atomic E-state index is 12.8. The van der Waals surface area contributed by atoms with Crippen molar-refractivity contribution in [1.82, 2.24) is 24.3 Å². The van der Waals surface area contributed by atoms with Gasteiger partial charge in [-0.25, -0.2) is 15.0 Å². The molecule has 0 radical (unpaired) electrons. The van der Waals surface area contributed by atoms with Crippen molar-refractivity contribution in [3.63, 3.8) is 0 Å². The number of benzene rings is 1. The predicted molar refractivity (Wildman–Crippen MR) is 155 cm³/mol. The highest BCUT2D eigenvalue weighted by Gasteiger charge is 2.27. The number of nitrogens with zero attached hydrogens (tertiary/aromatic N) is 5. The molecular weight excluding hydrogens is 490 g/mol. The van der Waals surface area contributed by atoms with Gasteiger partial charge >= 0.3 is 0 Å². The van der Waals surface area contributed by atoms with E-state index in [2.05, 4.69) is 45.1 Å². The van der Waals surface area contributed by atoms with Gasteiger partial charge in [0, 0.05) is 29.7 Å². The molecule has 9 heteroatoms. The van der Waals surface area contributed by atoms with E-state index in [4.69, 9.17) is 15.5 Å². The molecule has 1 aromatic carbocycles. The zero-order valence-electron chi connectivity index (χ0n) is 22.5. The molecule has 4 heterocycles. The molecule has 1 aliphatic heterocycles. The van der Waals surface area contributed by atoms with Crippen molar-refractivity contribution < 1.29 is 9.59 Å². The quantitative estimate of drug-likeness (QED) is 0.254. The van der Waals surface area contributed by atoms with Crippen molar-refractivity contribution >= 4 is 29.3 Å². The Bertz CT molecular complexity index is 1440. The zero-order valence-corrected chi connectivity index (χ0v) is 22.5.